The molecule has 0 saturated carbocycles. The molecule has 3 rings (SSSR count). The number of thioether (sulfide) groups is 1. The van der Waals surface area contributed by atoms with Gasteiger partial charge in [-0.1, -0.05) is 30.0 Å². The van der Waals surface area contributed by atoms with Gasteiger partial charge >= 0.3 is 5.97 Å². The number of ether oxygens (including phenoxy) is 1. The number of carbonyl (C=O) groups is 3. The van der Waals surface area contributed by atoms with Crippen molar-refractivity contribution in [1.29, 1.82) is 0 Å². The number of hydrogen-bond acceptors (Lipinski definition) is 7. The highest BCUT2D eigenvalue weighted by Gasteiger charge is 2.21. The van der Waals surface area contributed by atoms with Gasteiger partial charge in [0.1, 0.15) is 5.82 Å². The molecule has 2 amide bonds. The third-order valence-electron chi connectivity index (χ3n) is 4.90. The average molecular weight is 500 g/mol. The van der Waals surface area contributed by atoms with Crippen LogP contribution in [0.1, 0.15) is 53.4 Å². The zero-order chi connectivity index (χ0) is 25.4. The second kappa shape index (κ2) is 12.1. The number of anilines is 1. The van der Waals surface area contributed by atoms with E-state index in [2.05, 4.69) is 20.8 Å². The van der Waals surface area contributed by atoms with Crippen LogP contribution in [0.3, 0.4) is 0 Å². The Morgan fingerprint density at radius 1 is 1.11 bits per heavy atom. The summed E-state index contributed by atoms with van der Waals surface area (Å²) >= 11 is 1.19. The van der Waals surface area contributed by atoms with Crippen molar-refractivity contribution in [3.63, 3.8) is 0 Å². The van der Waals surface area contributed by atoms with Crippen LogP contribution in [0.2, 0.25) is 0 Å². The molecule has 1 aromatic heterocycles. The summed E-state index contributed by atoms with van der Waals surface area (Å²) in [5.41, 5.74) is 0.766. The van der Waals surface area contributed by atoms with Crippen LogP contribution >= 0.6 is 11.8 Å². The fourth-order valence-electron chi connectivity index (χ4n) is 3.27. The monoisotopic (exact) mass is 499 g/mol. The van der Waals surface area contributed by atoms with E-state index in [-0.39, 0.29) is 23.8 Å². The summed E-state index contributed by atoms with van der Waals surface area (Å²) in [4.78, 5) is 36.8. The number of halogens is 1. The van der Waals surface area contributed by atoms with E-state index in [1.165, 1.54) is 30.0 Å². The first-order valence-corrected chi connectivity index (χ1v) is 12.0. The van der Waals surface area contributed by atoms with Crippen molar-refractivity contribution < 1.29 is 23.5 Å². The molecule has 1 atom stereocenters. The maximum absolute atomic E-state index is 13.9. The first-order chi connectivity index (χ1) is 16.8. The average Bonchev–Trinajstić information content (AvgIpc) is 3.26. The highest BCUT2D eigenvalue weighted by Crippen LogP contribution is 2.22. The van der Waals surface area contributed by atoms with Gasteiger partial charge in [0.15, 0.2) is 11.0 Å². The summed E-state index contributed by atoms with van der Waals surface area (Å²) in [6, 6.07) is 11.7. The zero-order valence-corrected chi connectivity index (χ0v) is 20.4. The van der Waals surface area contributed by atoms with E-state index in [0.29, 0.717) is 28.8 Å². The standard InChI is InChI=1S/C24H26FN5O4S/c1-4-30-21(15(3)26-22(32)18-11-6-7-12-19(18)25)28-29-24(30)35-14-20(31)27-17-10-8-9-16(13-17)23(33)34-5-2/h6-13,15H,4-5,14H2,1-3H3,(H,26,32)(H,27,31)/t15-/m0/s1. The number of nitrogens with one attached hydrogen (secondary N) is 2. The molecule has 3 aromatic rings. The largest absolute Gasteiger partial charge is 0.462 e. The Kier molecular flexibility index (Phi) is 8.96. The molecule has 0 fully saturated rings. The molecule has 0 aliphatic carbocycles. The molecule has 0 aliphatic rings. The SMILES string of the molecule is CCOC(=O)c1cccc(NC(=O)CSc2nnc([C@H](C)NC(=O)c3ccccc3F)n2CC)c1. The molecule has 184 valence electrons. The van der Waals surface area contributed by atoms with E-state index in [1.807, 2.05) is 6.92 Å². The third kappa shape index (κ3) is 6.66. The minimum Gasteiger partial charge on any atom is -0.462 e. The first-order valence-electron chi connectivity index (χ1n) is 11.0. The number of esters is 1. The molecule has 1 heterocycles. The van der Waals surface area contributed by atoms with Crippen molar-refractivity contribution in [2.45, 2.75) is 38.5 Å². The third-order valence-corrected chi connectivity index (χ3v) is 5.87. The summed E-state index contributed by atoms with van der Waals surface area (Å²) in [6.07, 6.45) is 0. The first kappa shape index (κ1) is 25.9. The van der Waals surface area contributed by atoms with Crippen molar-refractivity contribution in [2.24, 2.45) is 0 Å². The van der Waals surface area contributed by atoms with Gasteiger partial charge in [0.2, 0.25) is 5.91 Å². The predicted octanol–water partition coefficient (Wildman–Crippen LogP) is 3.84. The smallest absolute Gasteiger partial charge is 0.338 e. The van der Waals surface area contributed by atoms with Gasteiger partial charge in [-0.05, 0) is 51.1 Å². The van der Waals surface area contributed by atoms with Gasteiger partial charge in [-0.3, -0.25) is 9.59 Å². The van der Waals surface area contributed by atoms with Crippen LogP contribution in [0.25, 0.3) is 0 Å². The van der Waals surface area contributed by atoms with E-state index >= 15 is 0 Å². The van der Waals surface area contributed by atoms with E-state index in [4.69, 9.17) is 4.74 Å². The highest BCUT2D eigenvalue weighted by atomic mass is 32.2. The van der Waals surface area contributed by atoms with Crippen molar-refractivity contribution in [1.82, 2.24) is 20.1 Å². The van der Waals surface area contributed by atoms with Crippen LogP contribution < -0.4 is 10.6 Å². The summed E-state index contributed by atoms with van der Waals surface area (Å²) in [5, 5.41) is 14.3. The minimum atomic E-state index is -0.607. The molecule has 0 aliphatic heterocycles. The number of rotatable bonds is 10. The van der Waals surface area contributed by atoms with Gasteiger partial charge in [0, 0.05) is 12.2 Å². The summed E-state index contributed by atoms with van der Waals surface area (Å²) in [5.74, 6) is -1.37. The lowest BCUT2D eigenvalue weighted by atomic mass is 10.2. The molecular formula is C24H26FN5O4S. The van der Waals surface area contributed by atoms with Crippen molar-refractivity contribution >= 4 is 35.2 Å². The summed E-state index contributed by atoms with van der Waals surface area (Å²) < 4.78 is 20.7. The Labute approximate surface area is 206 Å². The normalized spacial score (nSPS) is 11.5. The second-order valence-electron chi connectivity index (χ2n) is 7.40. The van der Waals surface area contributed by atoms with Gasteiger partial charge in [0.05, 0.1) is 29.5 Å². The number of carbonyl (C=O) groups excluding carboxylic acids is 3. The highest BCUT2D eigenvalue weighted by molar-refractivity contribution is 7.99. The van der Waals surface area contributed by atoms with Gasteiger partial charge in [-0.15, -0.1) is 10.2 Å². The Balaban J connectivity index is 1.62. The number of benzene rings is 2. The lowest BCUT2D eigenvalue weighted by Crippen LogP contribution is -2.29. The lowest BCUT2D eigenvalue weighted by Gasteiger charge is -2.15. The van der Waals surface area contributed by atoms with Crippen LogP contribution in [0.4, 0.5) is 10.1 Å². The molecule has 0 saturated heterocycles. The van der Waals surface area contributed by atoms with E-state index in [1.54, 1.807) is 48.7 Å². The minimum absolute atomic E-state index is 0.0533. The maximum atomic E-state index is 13.9. The molecule has 9 nitrogen and oxygen atoms in total. The number of aromatic nitrogens is 3. The zero-order valence-electron chi connectivity index (χ0n) is 19.6. The van der Waals surface area contributed by atoms with E-state index in [9.17, 15) is 18.8 Å². The summed E-state index contributed by atoms with van der Waals surface area (Å²) in [7, 11) is 0. The topological polar surface area (TPSA) is 115 Å². The molecule has 0 radical (unpaired) electrons. The van der Waals surface area contributed by atoms with Crippen LogP contribution in [-0.2, 0) is 16.1 Å². The molecule has 35 heavy (non-hydrogen) atoms. The molecular weight excluding hydrogens is 473 g/mol. The molecule has 0 spiro atoms. The molecule has 2 N–H and O–H groups in total. The van der Waals surface area contributed by atoms with Crippen LogP contribution in [0.15, 0.2) is 53.7 Å². The molecule has 11 heteroatoms. The number of hydrogen-bond donors (Lipinski definition) is 2. The Hall–Kier alpha value is -3.73. The van der Waals surface area contributed by atoms with Crippen molar-refractivity contribution in [3.05, 3.63) is 71.3 Å². The van der Waals surface area contributed by atoms with Gasteiger partial charge in [-0.2, -0.15) is 0 Å². The van der Waals surface area contributed by atoms with Crippen LogP contribution in [-0.4, -0.2) is 44.9 Å². The van der Waals surface area contributed by atoms with Crippen LogP contribution in [0, 0.1) is 5.82 Å². The Morgan fingerprint density at radius 3 is 2.60 bits per heavy atom. The van der Waals surface area contributed by atoms with Gasteiger partial charge in [0.25, 0.3) is 5.91 Å². The fourth-order valence-corrected chi connectivity index (χ4v) is 4.08. The number of nitrogens with zero attached hydrogens (tertiary/aromatic N) is 3. The molecule has 2 aromatic carbocycles. The van der Waals surface area contributed by atoms with E-state index < -0.39 is 23.7 Å². The van der Waals surface area contributed by atoms with E-state index in [0.717, 1.165) is 0 Å². The van der Waals surface area contributed by atoms with Crippen LogP contribution in [0.5, 0.6) is 0 Å². The Morgan fingerprint density at radius 2 is 1.89 bits per heavy atom. The predicted molar refractivity (Wildman–Crippen MR) is 130 cm³/mol. The molecule has 0 bridgehead atoms. The van der Waals surface area contributed by atoms with Crippen molar-refractivity contribution in [3.8, 4) is 0 Å². The Bertz CT molecular complexity index is 1220. The quantitative estimate of drug-likeness (QED) is 0.322. The van der Waals surface area contributed by atoms with Gasteiger partial charge in [-0.25, -0.2) is 9.18 Å². The fraction of sp³-hybridized carbons (Fsp3) is 0.292. The van der Waals surface area contributed by atoms with Gasteiger partial charge < -0.3 is 19.9 Å². The summed E-state index contributed by atoms with van der Waals surface area (Å²) in [6.45, 7) is 6.11. The number of amides is 2. The maximum Gasteiger partial charge on any atom is 0.338 e. The lowest BCUT2D eigenvalue weighted by molar-refractivity contribution is -0.113. The molecule has 0 unspecified atom stereocenters. The second-order valence-corrected chi connectivity index (χ2v) is 8.34. The van der Waals surface area contributed by atoms with Crippen molar-refractivity contribution in [2.75, 3.05) is 17.7 Å².